The first-order valence-corrected chi connectivity index (χ1v) is 9.12. The zero-order valence-electron chi connectivity index (χ0n) is 15.1. The number of carbonyl (C=O) groups is 2. The second-order valence-electron chi connectivity index (χ2n) is 7.20. The average molecular weight is 386 g/mol. The Kier molecular flexibility index (Phi) is 4.80. The van der Waals surface area contributed by atoms with Crippen LogP contribution in [-0.2, 0) is 4.79 Å². The smallest absolute Gasteiger partial charge is 0.262 e. The maximum Gasteiger partial charge on any atom is 0.262 e. The van der Waals surface area contributed by atoms with Gasteiger partial charge in [-0.25, -0.2) is 8.78 Å². The van der Waals surface area contributed by atoms with Gasteiger partial charge in [-0.3, -0.25) is 19.5 Å². The molecule has 0 spiro atoms. The monoisotopic (exact) mass is 386 g/mol. The largest absolute Gasteiger partial charge is 0.335 e. The van der Waals surface area contributed by atoms with Crippen molar-refractivity contribution in [3.8, 4) is 0 Å². The fraction of sp³-hybridized carbons (Fsp3) is 0.350. The third-order valence-electron chi connectivity index (χ3n) is 5.20. The first-order chi connectivity index (χ1) is 13.4. The number of likely N-dealkylation sites (tertiary alicyclic amines) is 2. The van der Waals surface area contributed by atoms with E-state index in [-0.39, 0.29) is 11.9 Å². The Morgan fingerprint density at radius 3 is 2.43 bits per heavy atom. The predicted octanol–water partition coefficient (Wildman–Crippen LogP) is 2.25. The number of hydrogen-bond acceptors (Lipinski definition) is 4. The lowest BCUT2D eigenvalue weighted by molar-refractivity contribution is -0.122. The van der Waals surface area contributed by atoms with E-state index in [1.165, 1.54) is 17.3 Å². The number of rotatable bonds is 4. The van der Waals surface area contributed by atoms with Crippen LogP contribution in [-0.4, -0.2) is 64.2 Å². The average Bonchev–Trinajstić information content (AvgIpc) is 2.97. The molecule has 2 fully saturated rings. The lowest BCUT2D eigenvalue weighted by Gasteiger charge is -2.45. The zero-order chi connectivity index (χ0) is 19.7. The Balaban J connectivity index is 1.41. The molecule has 6 nitrogen and oxygen atoms in total. The summed E-state index contributed by atoms with van der Waals surface area (Å²) in [5, 5.41) is 2.68. The molecule has 146 valence electrons. The first-order valence-electron chi connectivity index (χ1n) is 9.12. The molecule has 28 heavy (non-hydrogen) atoms. The van der Waals surface area contributed by atoms with Gasteiger partial charge in [-0.05, 0) is 24.3 Å². The molecular formula is C20H20F2N4O2. The number of alkyl halides is 2. The summed E-state index contributed by atoms with van der Waals surface area (Å²) in [7, 11) is 0. The second-order valence-corrected chi connectivity index (χ2v) is 7.20. The van der Waals surface area contributed by atoms with Crippen LogP contribution in [0.1, 0.15) is 16.8 Å². The van der Waals surface area contributed by atoms with Crippen LogP contribution in [0.25, 0.3) is 0 Å². The normalized spacial score (nSPS) is 21.9. The second kappa shape index (κ2) is 7.27. The van der Waals surface area contributed by atoms with Gasteiger partial charge in [0.05, 0.1) is 12.6 Å². The summed E-state index contributed by atoms with van der Waals surface area (Å²) < 4.78 is 28.1. The van der Waals surface area contributed by atoms with Gasteiger partial charge in [-0.1, -0.05) is 18.2 Å². The molecule has 3 heterocycles. The third-order valence-corrected chi connectivity index (χ3v) is 5.20. The lowest BCUT2D eigenvalue weighted by atomic mass is 10.0. The van der Waals surface area contributed by atoms with E-state index in [0.29, 0.717) is 24.3 Å². The van der Waals surface area contributed by atoms with Crippen molar-refractivity contribution >= 4 is 17.5 Å². The molecule has 1 aromatic heterocycles. The molecule has 2 amide bonds. The highest BCUT2D eigenvalue weighted by Crippen LogP contribution is 2.36. The van der Waals surface area contributed by atoms with Crippen LogP contribution in [0.4, 0.5) is 14.5 Å². The summed E-state index contributed by atoms with van der Waals surface area (Å²) in [6.45, 7) is 0.200. The Hall–Kier alpha value is -2.87. The van der Waals surface area contributed by atoms with Gasteiger partial charge in [0.2, 0.25) is 5.91 Å². The molecule has 1 aromatic carbocycles. The summed E-state index contributed by atoms with van der Waals surface area (Å²) >= 11 is 0. The van der Waals surface area contributed by atoms with E-state index in [2.05, 4.69) is 10.3 Å². The molecular weight excluding hydrogens is 366 g/mol. The number of amides is 2. The zero-order valence-corrected chi connectivity index (χ0v) is 15.1. The van der Waals surface area contributed by atoms with Gasteiger partial charge < -0.3 is 10.2 Å². The minimum absolute atomic E-state index is 0.124. The van der Waals surface area contributed by atoms with E-state index in [4.69, 9.17) is 0 Å². The molecule has 2 aliphatic heterocycles. The topological polar surface area (TPSA) is 65.5 Å². The molecule has 0 radical (unpaired) electrons. The van der Waals surface area contributed by atoms with Crippen molar-refractivity contribution in [2.45, 2.75) is 24.4 Å². The molecule has 0 unspecified atom stereocenters. The van der Waals surface area contributed by atoms with Gasteiger partial charge in [0, 0.05) is 49.2 Å². The number of aromatic nitrogens is 1. The van der Waals surface area contributed by atoms with Crippen molar-refractivity contribution in [3.05, 3.63) is 60.4 Å². The van der Waals surface area contributed by atoms with Crippen molar-refractivity contribution in [3.63, 3.8) is 0 Å². The minimum atomic E-state index is -2.93. The lowest BCUT2D eigenvalue weighted by Crippen LogP contribution is -2.63. The van der Waals surface area contributed by atoms with Crippen LogP contribution in [0.2, 0.25) is 0 Å². The highest BCUT2D eigenvalue weighted by Gasteiger charge is 2.52. The molecule has 0 saturated carbocycles. The number of nitrogens with zero attached hydrogens (tertiary/aromatic N) is 3. The molecule has 1 N–H and O–H groups in total. The van der Waals surface area contributed by atoms with Gasteiger partial charge in [-0.15, -0.1) is 0 Å². The molecule has 0 bridgehead atoms. The van der Waals surface area contributed by atoms with Crippen LogP contribution >= 0.6 is 0 Å². The van der Waals surface area contributed by atoms with Crippen molar-refractivity contribution in [1.29, 1.82) is 0 Å². The molecule has 4 rings (SSSR count). The van der Waals surface area contributed by atoms with Crippen LogP contribution < -0.4 is 5.32 Å². The van der Waals surface area contributed by atoms with Crippen molar-refractivity contribution in [2.75, 3.05) is 25.0 Å². The van der Waals surface area contributed by atoms with E-state index in [9.17, 15) is 18.4 Å². The van der Waals surface area contributed by atoms with Gasteiger partial charge in [0.25, 0.3) is 11.8 Å². The maximum atomic E-state index is 14.1. The van der Waals surface area contributed by atoms with E-state index >= 15 is 0 Å². The Bertz CT molecular complexity index is 857. The van der Waals surface area contributed by atoms with E-state index in [1.807, 2.05) is 6.07 Å². The highest BCUT2D eigenvalue weighted by molar-refractivity contribution is 5.96. The van der Waals surface area contributed by atoms with Crippen LogP contribution in [0, 0.1) is 0 Å². The molecule has 2 aliphatic rings. The molecule has 2 aromatic rings. The summed E-state index contributed by atoms with van der Waals surface area (Å²) in [5.41, 5.74) is 1.09. The van der Waals surface area contributed by atoms with Gasteiger partial charge in [0.1, 0.15) is 0 Å². The number of nitrogens with one attached hydrogen (secondary N) is 1. The van der Waals surface area contributed by atoms with Crippen LogP contribution in [0.5, 0.6) is 0 Å². The fourth-order valence-electron chi connectivity index (χ4n) is 3.72. The Morgan fingerprint density at radius 1 is 1.07 bits per heavy atom. The Morgan fingerprint density at radius 2 is 1.75 bits per heavy atom. The number of hydrogen-bond donors (Lipinski definition) is 1. The number of benzene rings is 1. The van der Waals surface area contributed by atoms with Crippen molar-refractivity contribution in [1.82, 2.24) is 14.8 Å². The predicted molar refractivity (Wildman–Crippen MR) is 99.1 cm³/mol. The highest BCUT2D eigenvalue weighted by atomic mass is 19.3. The van der Waals surface area contributed by atoms with E-state index in [1.54, 1.807) is 41.3 Å². The summed E-state index contributed by atoms with van der Waals surface area (Å²) in [6, 6.07) is 10.9. The van der Waals surface area contributed by atoms with Gasteiger partial charge in [-0.2, -0.15) is 0 Å². The van der Waals surface area contributed by atoms with Gasteiger partial charge in [0.15, 0.2) is 0 Å². The van der Waals surface area contributed by atoms with E-state index < -0.39 is 30.8 Å². The Labute approximate surface area is 161 Å². The number of carbonyl (C=O) groups excluding carboxylic acids is 2. The molecule has 8 heteroatoms. The standard InChI is InChI=1S/C20H20F2N4O2/c21-20(22)10-17(18(27)24-15-6-8-23-9-7-15)26(13-20)16-11-25(12-16)19(28)14-4-2-1-3-5-14/h1-9,16-17H,10-13H2,(H,23,24,27)/t17-/m0/s1. The minimum Gasteiger partial charge on any atom is -0.335 e. The maximum absolute atomic E-state index is 14.1. The molecule has 1 atom stereocenters. The molecule has 2 saturated heterocycles. The van der Waals surface area contributed by atoms with Crippen molar-refractivity contribution in [2.24, 2.45) is 0 Å². The van der Waals surface area contributed by atoms with Gasteiger partial charge >= 0.3 is 0 Å². The van der Waals surface area contributed by atoms with Crippen LogP contribution in [0.15, 0.2) is 54.9 Å². The first kappa shape index (κ1) is 18.5. The molecule has 0 aliphatic carbocycles. The van der Waals surface area contributed by atoms with Crippen molar-refractivity contribution < 1.29 is 18.4 Å². The quantitative estimate of drug-likeness (QED) is 0.876. The van der Waals surface area contributed by atoms with E-state index in [0.717, 1.165) is 0 Å². The third kappa shape index (κ3) is 3.73. The number of pyridine rings is 1. The fourth-order valence-corrected chi connectivity index (χ4v) is 3.72. The van der Waals surface area contributed by atoms with Crippen LogP contribution in [0.3, 0.4) is 0 Å². The summed E-state index contributed by atoms with van der Waals surface area (Å²) in [6.07, 6.45) is 2.53. The number of anilines is 1. The summed E-state index contributed by atoms with van der Waals surface area (Å²) in [5.74, 6) is -3.51. The number of halogens is 2. The SMILES string of the molecule is O=C(Nc1ccncc1)[C@@H]1CC(F)(F)CN1C1CN(C(=O)c2ccccc2)C1. The summed E-state index contributed by atoms with van der Waals surface area (Å²) in [4.78, 5) is 32.1.